The number of phosphoric ester groups is 1. The number of quaternary nitrogens is 1. The molecule has 0 aliphatic heterocycles. The van der Waals surface area contributed by atoms with E-state index in [1.807, 2.05) is 21.1 Å². The number of hydrogen-bond donors (Lipinski definition) is 0. The number of allylic oxidation sites excluding steroid dienone is 4. The minimum absolute atomic E-state index is 0.0284. The molecule has 9 nitrogen and oxygen atoms in total. The van der Waals surface area contributed by atoms with E-state index >= 15 is 0 Å². The lowest BCUT2D eigenvalue weighted by molar-refractivity contribution is -0.870. The standard InChI is InChI=1S/C52H100NO8P/c1-6-8-10-12-14-16-18-20-21-22-23-24-25-26-27-28-29-30-31-33-35-37-39-41-43-45-52(55)61-50(49-60-62(56,57)59-47-46-53(3,4)5)48-58-51(54)44-42-40-38-36-34-32-19-17-15-13-11-9-7-2/h18,20,22-23,50H,6-17,19,21,24-49H2,1-5H3/b20-18-,23-22-. The second kappa shape index (κ2) is 44.7. The first-order chi connectivity index (χ1) is 30.0. The Morgan fingerprint density at radius 1 is 0.500 bits per heavy atom. The molecule has 10 heteroatoms. The topological polar surface area (TPSA) is 111 Å². The molecule has 0 aromatic carbocycles. The van der Waals surface area contributed by atoms with Gasteiger partial charge in [-0.3, -0.25) is 14.2 Å². The van der Waals surface area contributed by atoms with E-state index in [1.54, 1.807) is 0 Å². The van der Waals surface area contributed by atoms with Crippen LogP contribution in [0.1, 0.15) is 245 Å². The largest absolute Gasteiger partial charge is 0.756 e. The van der Waals surface area contributed by atoms with E-state index in [0.717, 1.165) is 44.9 Å². The number of hydrogen-bond acceptors (Lipinski definition) is 8. The van der Waals surface area contributed by atoms with Crippen LogP contribution in [0.2, 0.25) is 0 Å². The lowest BCUT2D eigenvalue weighted by Crippen LogP contribution is -2.37. The summed E-state index contributed by atoms with van der Waals surface area (Å²) in [4.78, 5) is 37.7. The Morgan fingerprint density at radius 2 is 0.871 bits per heavy atom. The fourth-order valence-electron chi connectivity index (χ4n) is 7.39. The quantitative estimate of drug-likeness (QED) is 0.0195. The third-order valence-corrected chi connectivity index (χ3v) is 12.4. The molecule has 0 aliphatic carbocycles. The zero-order chi connectivity index (χ0) is 45.7. The zero-order valence-corrected chi connectivity index (χ0v) is 42.2. The van der Waals surface area contributed by atoms with Crippen LogP contribution in [0.15, 0.2) is 24.3 Å². The van der Waals surface area contributed by atoms with Crippen molar-refractivity contribution in [2.24, 2.45) is 0 Å². The smallest absolute Gasteiger partial charge is 0.306 e. The molecule has 2 atom stereocenters. The Kier molecular flexibility index (Phi) is 43.6. The highest BCUT2D eigenvalue weighted by molar-refractivity contribution is 7.45. The van der Waals surface area contributed by atoms with Crippen LogP contribution in [0.3, 0.4) is 0 Å². The third kappa shape index (κ3) is 48.0. The van der Waals surface area contributed by atoms with Gasteiger partial charge in [-0.1, -0.05) is 212 Å². The van der Waals surface area contributed by atoms with Crippen LogP contribution in [-0.4, -0.2) is 70.0 Å². The summed E-state index contributed by atoms with van der Waals surface area (Å²) in [7, 11) is 1.18. The molecule has 0 saturated carbocycles. The summed E-state index contributed by atoms with van der Waals surface area (Å²) in [6, 6.07) is 0. The van der Waals surface area contributed by atoms with Crippen LogP contribution in [0, 0.1) is 0 Å². The summed E-state index contributed by atoms with van der Waals surface area (Å²) >= 11 is 0. The second-order valence-corrected chi connectivity index (χ2v) is 20.3. The highest BCUT2D eigenvalue weighted by Gasteiger charge is 2.21. The summed E-state index contributed by atoms with van der Waals surface area (Å²) in [5.74, 6) is -0.823. The molecule has 0 rings (SSSR count). The van der Waals surface area contributed by atoms with E-state index in [4.69, 9.17) is 18.5 Å². The Hall–Kier alpha value is -1.51. The Labute approximate surface area is 383 Å². The van der Waals surface area contributed by atoms with E-state index in [1.165, 1.54) is 167 Å². The monoisotopic (exact) mass is 898 g/mol. The van der Waals surface area contributed by atoms with Gasteiger partial charge >= 0.3 is 11.9 Å². The van der Waals surface area contributed by atoms with Crippen LogP contribution >= 0.6 is 7.82 Å². The Balaban J connectivity index is 4.15. The van der Waals surface area contributed by atoms with Crippen molar-refractivity contribution in [1.29, 1.82) is 0 Å². The van der Waals surface area contributed by atoms with Crippen molar-refractivity contribution in [2.45, 2.75) is 251 Å². The third-order valence-electron chi connectivity index (χ3n) is 11.5. The van der Waals surface area contributed by atoms with Gasteiger partial charge in [0, 0.05) is 12.8 Å². The molecule has 0 aliphatic rings. The molecule has 0 aromatic heterocycles. The average Bonchev–Trinajstić information content (AvgIpc) is 3.23. The van der Waals surface area contributed by atoms with Crippen LogP contribution in [-0.2, 0) is 32.7 Å². The maximum Gasteiger partial charge on any atom is 0.306 e. The van der Waals surface area contributed by atoms with E-state index in [-0.39, 0.29) is 32.0 Å². The van der Waals surface area contributed by atoms with Gasteiger partial charge in [0.25, 0.3) is 7.82 Å². The van der Waals surface area contributed by atoms with Gasteiger partial charge < -0.3 is 27.9 Å². The van der Waals surface area contributed by atoms with Crippen molar-refractivity contribution in [3.63, 3.8) is 0 Å². The molecule has 0 amide bonds. The number of carbonyl (C=O) groups excluding carboxylic acids is 2. The number of esters is 2. The minimum atomic E-state index is -4.62. The van der Waals surface area contributed by atoms with Crippen LogP contribution in [0.4, 0.5) is 0 Å². The first kappa shape index (κ1) is 60.5. The first-order valence-corrected chi connectivity index (χ1v) is 27.5. The van der Waals surface area contributed by atoms with Gasteiger partial charge in [0.15, 0.2) is 6.10 Å². The van der Waals surface area contributed by atoms with Gasteiger partial charge in [0.2, 0.25) is 0 Å². The lowest BCUT2D eigenvalue weighted by Gasteiger charge is -2.28. The van der Waals surface area contributed by atoms with Crippen molar-refractivity contribution in [3.05, 3.63) is 24.3 Å². The van der Waals surface area contributed by atoms with Gasteiger partial charge in [0.1, 0.15) is 19.8 Å². The summed E-state index contributed by atoms with van der Waals surface area (Å²) in [5, 5.41) is 0. The molecule has 0 aromatic rings. The number of unbranched alkanes of at least 4 members (excludes halogenated alkanes) is 30. The molecule has 2 unspecified atom stereocenters. The van der Waals surface area contributed by atoms with Crippen LogP contribution in [0.5, 0.6) is 0 Å². The second-order valence-electron chi connectivity index (χ2n) is 18.9. The van der Waals surface area contributed by atoms with Crippen molar-refractivity contribution in [2.75, 3.05) is 47.5 Å². The van der Waals surface area contributed by atoms with Gasteiger partial charge in [-0.05, 0) is 44.9 Å². The molecule has 366 valence electrons. The van der Waals surface area contributed by atoms with Gasteiger partial charge in [-0.15, -0.1) is 0 Å². The van der Waals surface area contributed by atoms with Crippen molar-refractivity contribution in [1.82, 2.24) is 0 Å². The minimum Gasteiger partial charge on any atom is -0.756 e. The molecular weight excluding hydrogens is 798 g/mol. The molecule has 0 heterocycles. The van der Waals surface area contributed by atoms with Crippen molar-refractivity contribution in [3.8, 4) is 0 Å². The fourth-order valence-corrected chi connectivity index (χ4v) is 8.12. The predicted octanol–water partition coefficient (Wildman–Crippen LogP) is 14.8. The van der Waals surface area contributed by atoms with Crippen LogP contribution in [0.25, 0.3) is 0 Å². The Bertz CT molecular complexity index is 1110. The normalized spacial score (nSPS) is 13.6. The number of nitrogens with zero attached hydrogens (tertiary/aromatic N) is 1. The highest BCUT2D eigenvalue weighted by Crippen LogP contribution is 2.38. The van der Waals surface area contributed by atoms with Crippen molar-refractivity contribution < 1.29 is 42.1 Å². The summed E-state index contributed by atoms with van der Waals surface area (Å²) < 4.78 is 34.0. The molecular formula is C52H100NO8P. The molecule has 0 bridgehead atoms. The first-order valence-electron chi connectivity index (χ1n) is 26.0. The lowest BCUT2D eigenvalue weighted by atomic mass is 10.0. The van der Waals surface area contributed by atoms with Crippen molar-refractivity contribution >= 4 is 19.8 Å². The zero-order valence-electron chi connectivity index (χ0n) is 41.3. The van der Waals surface area contributed by atoms with E-state index < -0.39 is 26.5 Å². The fraction of sp³-hybridized carbons (Fsp3) is 0.885. The SMILES string of the molecule is CCCCCCC/C=C\C/C=C\CCCCCCCCCCCCCCCC(=O)OC(COC(=O)CCCCCCCCCCCCCCC)COP(=O)([O-])OCC[N+](C)(C)C. The van der Waals surface area contributed by atoms with Crippen LogP contribution < -0.4 is 4.89 Å². The summed E-state index contributed by atoms with van der Waals surface area (Å²) in [6.45, 7) is 4.25. The Morgan fingerprint density at radius 3 is 1.27 bits per heavy atom. The highest BCUT2D eigenvalue weighted by atomic mass is 31.2. The maximum absolute atomic E-state index is 12.7. The molecule has 0 saturated heterocycles. The molecule has 0 radical (unpaired) electrons. The summed E-state index contributed by atoms with van der Waals surface area (Å²) in [6.07, 6.45) is 50.7. The predicted molar refractivity (Wildman–Crippen MR) is 259 cm³/mol. The average molecular weight is 898 g/mol. The molecule has 0 spiro atoms. The van der Waals surface area contributed by atoms with E-state index in [0.29, 0.717) is 17.4 Å². The summed E-state index contributed by atoms with van der Waals surface area (Å²) in [5.41, 5.74) is 0. The van der Waals surface area contributed by atoms with Gasteiger partial charge in [-0.25, -0.2) is 0 Å². The van der Waals surface area contributed by atoms with Gasteiger partial charge in [0.05, 0.1) is 27.7 Å². The number of rotatable bonds is 48. The molecule has 0 N–H and O–H groups in total. The number of phosphoric acid groups is 1. The molecule has 0 fully saturated rings. The maximum atomic E-state index is 12.7. The van der Waals surface area contributed by atoms with E-state index in [9.17, 15) is 19.0 Å². The number of likely N-dealkylation sites (N-methyl/N-ethyl adjacent to an activating group) is 1. The van der Waals surface area contributed by atoms with E-state index in [2.05, 4.69) is 38.2 Å². The number of carbonyl (C=O) groups is 2. The molecule has 62 heavy (non-hydrogen) atoms. The van der Waals surface area contributed by atoms with Gasteiger partial charge in [-0.2, -0.15) is 0 Å². The number of ether oxygens (including phenoxy) is 2.